The van der Waals surface area contributed by atoms with Gasteiger partial charge in [-0.05, 0) is 50.3 Å². The zero-order chi connectivity index (χ0) is 12.5. The molecule has 18 heavy (non-hydrogen) atoms. The highest BCUT2D eigenvalue weighted by atomic mass is 35.5. The van der Waals surface area contributed by atoms with E-state index in [4.69, 9.17) is 11.6 Å². The van der Waals surface area contributed by atoms with E-state index in [1.807, 2.05) is 12.1 Å². The SMILES string of the molecule is Cc1cccc(Cl)c1N1CCCNC(C2CC2)C1. The maximum absolute atomic E-state index is 6.40. The topological polar surface area (TPSA) is 15.3 Å². The number of anilines is 1. The van der Waals surface area contributed by atoms with Gasteiger partial charge in [0.15, 0.2) is 0 Å². The Morgan fingerprint density at radius 1 is 1.33 bits per heavy atom. The molecule has 1 saturated heterocycles. The third kappa shape index (κ3) is 2.50. The maximum Gasteiger partial charge on any atom is 0.0642 e. The van der Waals surface area contributed by atoms with Crippen LogP contribution in [0.5, 0.6) is 0 Å². The number of nitrogens with one attached hydrogen (secondary N) is 1. The molecule has 1 heterocycles. The van der Waals surface area contributed by atoms with Crippen molar-refractivity contribution in [1.29, 1.82) is 0 Å². The van der Waals surface area contributed by atoms with Crippen LogP contribution in [0.15, 0.2) is 18.2 Å². The van der Waals surface area contributed by atoms with Gasteiger partial charge >= 0.3 is 0 Å². The molecule has 3 heteroatoms. The third-order valence-corrected chi connectivity index (χ3v) is 4.43. The van der Waals surface area contributed by atoms with Crippen molar-refractivity contribution < 1.29 is 0 Å². The number of hydrogen-bond donors (Lipinski definition) is 1. The molecule has 2 fully saturated rings. The average molecular weight is 265 g/mol. The summed E-state index contributed by atoms with van der Waals surface area (Å²) in [5.74, 6) is 0.897. The second-order valence-electron chi connectivity index (χ2n) is 5.60. The first-order valence-electron chi connectivity index (χ1n) is 6.99. The Bertz CT molecular complexity index is 408. The van der Waals surface area contributed by atoms with Crippen LogP contribution in [-0.4, -0.2) is 25.7 Å². The fraction of sp³-hybridized carbons (Fsp3) is 0.600. The third-order valence-electron chi connectivity index (χ3n) is 4.12. The molecular weight excluding hydrogens is 244 g/mol. The van der Waals surface area contributed by atoms with Gasteiger partial charge in [0.1, 0.15) is 0 Å². The lowest BCUT2D eigenvalue weighted by Gasteiger charge is -2.28. The zero-order valence-corrected chi connectivity index (χ0v) is 11.7. The zero-order valence-electron chi connectivity index (χ0n) is 11.0. The van der Waals surface area contributed by atoms with Gasteiger partial charge in [-0.1, -0.05) is 23.7 Å². The summed E-state index contributed by atoms with van der Waals surface area (Å²) in [6, 6.07) is 6.86. The number of rotatable bonds is 2. The molecule has 0 aromatic heterocycles. The van der Waals surface area contributed by atoms with Gasteiger partial charge in [-0.15, -0.1) is 0 Å². The molecule has 0 radical (unpaired) electrons. The molecule has 1 aromatic rings. The molecule has 1 atom stereocenters. The lowest BCUT2D eigenvalue weighted by molar-refractivity contribution is 0.490. The van der Waals surface area contributed by atoms with Crippen LogP contribution < -0.4 is 10.2 Å². The van der Waals surface area contributed by atoms with Gasteiger partial charge in [0.25, 0.3) is 0 Å². The highest BCUT2D eigenvalue weighted by molar-refractivity contribution is 6.33. The number of nitrogens with zero attached hydrogens (tertiary/aromatic N) is 1. The lowest BCUT2D eigenvalue weighted by Crippen LogP contribution is -2.39. The summed E-state index contributed by atoms with van der Waals surface area (Å²) in [5, 5.41) is 4.59. The summed E-state index contributed by atoms with van der Waals surface area (Å²) in [4.78, 5) is 2.49. The first-order chi connectivity index (χ1) is 8.75. The molecule has 0 amide bonds. The Morgan fingerprint density at radius 3 is 2.89 bits per heavy atom. The minimum absolute atomic E-state index is 0.656. The molecule has 1 aliphatic heterocycles. The first-order valence-corrected chi connectivity index (χ1v) is 7.37. The van der Waals surface area contributed by atoms with E-state index >= 15 is 0 Å². The highest BCUT2D eigenvalue weighted by Gasteiger charge is 2.33. The van der Waals surface area contributed by atoms with E-state index in [2.05, 4.69) is 23.2 Å². The smallest absolute Gasteiger partial charge is 0.0642 e. The molecule has 1 aliphatic carbocycles. The molecule has 98 valence electrons. The molecule has 0 bridgehead atoms. The largest absolute Gasteiger partial charge is 0.368 e. The van der Waals surface area contributed by atoms with Crippen LogP contribution in [0.1, 0.15) is 24.8 Å². The Kier molecular flexibility index (Phi) is 3.49. The van der Waals surface area contributed by atoms with Crippen molar-refractivity contribution in [3.63, 3.8) is 0 Å². The van der Waals surface area contributed by atoms with Crippen LogP contribution >= 0.6 is 11.6 Å². The predicted octanol–water partition coefficient (Wildman–Crippen LogP) is 3.23. The van der Waals surface area contributed by atoms with E-state index in [-0.39, 0.29) is 0 Å². The molecular formula is C15H21ClN2. The lowest BCUT2D eigenvalue weighted by atomic mass is 10.1. The molecule has 2 nitrogen and oxygen atoms in total. The fourth-order valence-corrected chi connectivity index (χ4v) is 3.33. The van der Waals surface area contributed by atoms with Crippen LogP contribution in [0.2, 0.25) is 5.02 Å². The van der Waals surface area contributed by atoms with Crippen LogP contribution in [0.3, 0.4) is 0 Å². The van der Waals surface area contributed by atoms with Crippen molar-refractivity contribution in [2.75, 3.05) is 24.5 Å². The summed E-state index contributed by atoms with van der Waals surface area (Å²) in [6.07, 6.45) is 3.99. The number of para-hydroxylation sites is 1. The van der Waals surface area contributed by atoms with Crippen molar-refractivity contribution in [2.24, 2.45) is 5.92 Å². The van der Waals surface area contributed by atoms with Gasteiger partial charge in [0, 0.05) is 19.1 Å². The summed E-state index contributed by atoms with van der Waals surface area (Å²) >= 11 is 6.40. The van der Waals surface area contributed by atoms with Crippen LogP contribution in [0.25, 0.3) is 0 Å². The van der Waals surface area contributed by atoms with E-state index < -0.39 is 0 Å². The number of benzene rings is 1. The fourth-order valence-electron chi connectivity index (χ4n) is 2.99. The predicted molar refractivity (Wildman–Crippen MR) is 77.5 cm³/mol. The molecule has 1 aromatic carbocycles. The number of halogens is 1. The van der Waals surface area contributed by atoms with E-state index in [9.17, 15) is 0 Å². The Balaban J connectivity index is 1.84. The van der Waals surface area contributed by atoms with Crippen molar-refractivity contribution in [2.45, 2.75) is 32.2 Å². The van der Waals surface area contributed by atoms with Gasteiger partial charge in [-0.25, -0.2) is 0 Å². The van der Waals surface area contributed by atoms with Crippen molar-refractivity contribution in [3.05, 3.63) is 28.8 Å². The van der Waals surface area contributed by atoms with E-state index in [0.29, 0.717) is 6.04 Å². The van der Waals surface area contributed by atoms with Gasteiger partial charge in [0.2, 0.25) is 0 Å². The standard InChI is InChI=1S/C15H21ClN2/c1-11-4-2-5-13(16)15(11)18-9-3-8-17-14(10-18)12-6-7-12/h2,4-5,12,14,17H,3,6-10H2,1H3. The van der Waals surface area contributed by atoms with Gasteiger partial charge < -0.3 is 10.2 Å². The van der Waals surface area contributed by atoms with Crippen molar-refractivity contribution >= 4 is 17.3 Å². The maximum atomic E-state index is 6.40. The monoisotopic (exact) mass is 264 g/mol. The van der Waals surface area contributed by atoms with Crippen LogP contribution in [-0.2, 0) is 0 Å². The quantitative estimate of drug-likeness (QED) is 0.882. The van der Waals surface area contributed by atoms with Crippen molar-refractivity contribution in [1.82, 2.24) is 5.32 Å². The Hall–Kier alpha value is -0.730. The minimum Gasteiger partial charge on any atom is -0.368 e. The van der Waals surface area contributed by atoms with Crippen LogP contribution in [0, 0.1) is 12.8 Å². The molecule has 1 N–H and O–H groups in total. The first kappa shape index (κ1) is 12.3. The van der Waals surface area contributed by atoms with Gasteiger partial charge in [-0.3, -0.25) is 0 Å². The molecule has 1 unspecified atom stereocenters. The summed E-state index contributed by atoms with van der Waals surface area (Å²) in [5.41, 5.74) is 2.53. The van der Waals surface area contributed by atoms with E-state index in [1.165, 1.54) is 30.5 Å². The van der Waals surface area contributed by atoms with Crippen molar-refractivity contribution in [3.8, 4) is 0 Å². The van der Waals surface area contributed by atoms with E-state index in [0.717, 1.165) is 30.6 Å². The minimum atomic E-state index is 0.656. The molecule has 3 rings (SSSR count). The summed E-state index contributed by atoms with van der Waals surface area (Å²) in [7, 11) is 0. The second kappa shape index (κ2) is 5.10. The number of aryl methyl sites for hydroxylation is 1. The Morgan fingerprint density at radius 2 is 2.17 bits per heavy atom. The van der Waals surface area contributed by atoms with Gasteiger partial charge in [-0.2, -0.15) is 0 Å². The van der Waals surface area contributed by atoms with Crippen LogP contribution in [0.4, 0.5) is 5.69 Å². The second-order valence-corrected chi connectivity index (χ2v) is 6.01. The highest BCUT2D eigenvalue weighted by Crippen LogP contribution is 2.36. The Labute approximate surface area is 114 Å². The van der Waals surface area contributed by atoms with E-state index in [1.54, 1.807) is 0 Å². The summed E-state index contributed by atoms with van der Waals surface area (Å²) in [6.45, 7) is 5.52. The normalized spacial score (nSPS) is 25.0. The molecule has 1 saturated carbocycles. The molecule has 0 spiro atoms. The number of hydrogen-bond acceptors (Lipinski definition) is 2. The molecule has 2 aliphatic rings. The summed E-state index contributed by atoms with van der Waals surface area (Å²) < 4.78 is 0. The van der Waals surface area contributed by atoms with Gasteiger partial charge in [0.05, 0.1) is 10.7 Å². The average Bonchev–Trinajstić information content (AvgIpc) is 3.15.